The Labute approximate surface area is 151 Å². The maximum Gasteiger partial charge on any atom is 0.275 e. The number of hydrogen-bond donors (Lipinski definition) is 1. The maximum atomic E-state index is 12.4. The van der Waals surface area contributed by atoms with Crippen molar-refractivity contribution in [1.82, 2.24) is 15.3 Å². The van der Waals surface area contributed by atoms with Crippen LogP contribution in [0.1, 0.15) is 21.9 Å². The lowest BCUT2D eigenvalue weighted by molar-refractivity contribution is 0.0960. The van der Waals surface area contributed by atoms with Gasteiger partial charge < -0.3 is 10.1 Å². The molecule has 2 rings (SSSR count). The molecule has 0 radical (unpaired) electrons. The molecule has 0 saturated heterocycles. The molecular formula is C19H17N5O2. The van der Waals surface area contributed by atoms with E-state index in [0.717, 1.165) is 5.69 Å². The molecule has 2 heterocycles. The molecule has 26 heavy (non-hydrogen) atoms. The molecule has 1 amide bonds. The molecule has 0 unspecified atom stereocenters. The number of aromatic nitrogens is 2. The molecule has 0 aromatic carbocycles. The summed E-state index contributed by atoms with van der Waals surface area (Å²) in [5, 5.41) is 11.3. The van der Waals surface area contributed by atoms with E-state index in [-0.39, 0.29) is 17.1 Å². The topological polar surface area (TPSA) is 100 Å². The number of ether oxygens (including phenoxy) is 1. The standard InChI is InChI=1S/C19H17N5O2/c1-12(10-20)7-18(21-4)24-19(25)17-9-16(8-14(3)23-17)26-15-6-5-13(2)22-11-15/h5-9,11H,1,4H2,2-3H3,(H,24,25)/b18-7+. The zero-order chi connectivity index (χ0) is 19.1. The third-order valence-electron chi connectivity index (χ3n) is 3.15. The van der Waals surface area contributed by atoms with E-state index >= 15 is 0 Å². The first-order valence-electron chi connectivity index (χ1n) is 7.59. The maximum absolute atomic E-state index is 12.4. The average molecular weight is 347 g/mol. The number of nitriles is 1. The highest BCUT2D eigenvalue weighted by Gasteiger charge is 2.12. The molecule has 2 aromatic rings. The van der Waals surface area contributed by atoms with E-state index in [1.165, 1.54) is 12.1 Å². The zero-order valence-electron chi connectivity index (χ0n) is 14.5. The van der Waals surface area contributed by atoms with Gasteiger partial charge in [0, 0.05) is 29.1 Å². The summed E-state index contributed by atoms with van der Waals surface area (Å²) in [6.07, 6.45) is 2.91. The van der Waals surface area contributed by atoms with Gasteiger partial charge in [-0.2, -0.15) is 5.26 Å². The number of aryl methyl sites for hydroxylation is 2. The van der Waals surface area contributed by atoms with Gasteiger partial charge in [0.15, 0.2) is 0 Å². The van der Waals surface area contributed by atoms with Crippen LogP contribution in [-0.2, 0) is 0 Å². The van der Waals surface area contributed by atoms with Crippen molar-refractivity contribution in [2.24, 2.45) is 4.99 Å². The first kappa shape index (κ1) is 18.5. The highest BCUT2D eigenvalue weighted by atomic mass is 16.5. The number of hydrogen-bond acceptors (Lipinski definition) is 6. The number of carbonyl (C=O) groups is 1. The number of rotatable bonds is 6. The van der Waals surface area contributed by atoms with Crippen LogP contribution >= 0.6 is 0 Å². The van der Waals surface area contributed by atoms with Gasteiger partial charge in [0.2, 0.25) is 0 Å². The van der Waals surface area contributed by atoms with Gasteiger partial charge in [-0.05, 0) is 38.8 Å². The molecule has 0 spiro atoms. The van der Waals surface area contributed by atoms with Gasteiger partial charge in [-0.15, -0.1) is 0 Å². The first-order valence-corrected chi connectivity index (χ1v) is 7.59. The molecule has 130 valence electrons. The Morgan fingerprint density at radius 2 is 2.08 bits per heavy atom. The number of aliphatic imine (C=N–C) groups is 1. The minimum absolute atomic E-state index is 0.107. The minimum Gasteiger partial charge on any atom is -0.456 e. The summed E-state index contributed by atoms with van der Waals surface area (Å²) in [5.74, 6) is 0.595. The summed E-state index contributed by atoms with van der Waals surface area (Å²) in [7, 11) is 0. The second-order valence-electron chi connectivity index (χ2n) is 5.35. The van der Waals surface area contributed by atoms with Gasteiger partial charge in [-0.25, -0.2) is 9.98 Å². The molecule has 0 atom stereocenters. The number of nitrogens with one attached hydrogen (secondary N) is 1. The molecule has 2 aromatic heterocycles. The van der Waals surface area contributed by atoms with E-state index in [4.69, 9.17) is 10.00 Å². The van der Waals surface area contributed by atoms with Gasteiger partial charge >= 0.3 is 0 Å². The molecular weight excluding hydrogens is 330 g/mol. The Morgan fingerprint density at radius 3 is 2.69 bits per heavy atom. The van der Waals surface area contributed by atoms with Crippen LogP contribution in [0.25, 0.3) is 0 Å². The van der Waals surface area contributed by atoms with Crippen molar-refractivity contribution in [1.29, 1.82) is 5.26 Å². The Hall–Kier alpha value is -3.79. The van der Waals surface area contributed by atoms with Crippen LogP contribution in [0.2, 0.25) is 0 Å². The lowest BCUT2D eigenvalue weighted by Gasteiger charge is -2.09. The van der Waals surface area contributed by atoms with E-state index in [1.807, 2.05) is 19.1 Å². The monoisotopic (exact) mass is 347 g/mol. The fourth-order valence-corrected chi connectivity index (χ4v) is 1.96. The predicted octanol–water partition coefficient (Wildman–Crippen LogP) is 3.24. The zero-order valence-corrected chi connectivity index (χ0v) is 14.5. The highest BCUT2D eigenvalue weighted by molar-refractivity contribution is 5.94. The third-order valence-corrected chi connectivity index (χ3v) is 3.15. The molecule has 0 saturated carbocycles. The molecule has 0 aliphatic heterocycles. The quantitative estimate of drug-likeness (QED) is 0.491. The molecule has 0 aliphatic carbocycles. The molecule has 0 bridgehead atoms. The summed E-state index contributed by atoms with van der Waals surface area (Å²) in [4.78, 5) is 24.4. The van der Waals surface area contributed by atoms with Gasteiger partial charge in [-0.1, -0.05) is 6.58 Å². The van der Waals surface area contributed by atoms with Crippen molar-refractivity contribution >= 4 is 12.6 Å². The van der Waals surface area contributed by atoms with E-state index in [9.17, 15) is 4.79 Å². The van der Waals surface area contributed by atoms with E-state index < -0.39 is 5.91 Å². The van der Waals surface area contributed by atoms with Crippen LogP contribution in [0.5, 0.6) is 11.5 Å². The predicted molar refractivity (Wildman–Crippen MR) is 97.9 cm³/mol. The van der Waals surface area contributed by atoms with Gasteiger partial charge in [0.25, 0.3) is 5.91 Å². The van der Waals surface area contributed by atoms with Crippen molar-refractivity contribution < 1.29 is 9.53 Å². The smallest absolute Gasteiger partial charge is 0.275 e. The lowest BCUT2D eigenvalue weighted by Crippen LogP contribution is -2.23. The Bertz CT molecular complexity index is 924. The van der Waals surface area contributed by atoms with Crippen molar-refractivity contribution in [3.63, 3.8) is 0 Å². The van der Waals surface area contributed by atoms with E-state index in [2.05, 4.69) is 33.6 Å². The Balaban J connectivity index is 2.22. The van der Waals surface area contributed by atoms with E-state index in [0.29, 0.717) is 17.2 Å². The van der Waals surface area contributed by atoms with Crippen LogP contribution in [0.3, 0.4) is 0 Å². The van der Waals surface area contributed by atoms with Crippen LogP contribution in [0.15, 0.2) is 59.5 Å². The molecule has 1 N–H and O–H groups in total. The number of nitrogens with zero attached hydrogens (tertiary/aromatic N) is 4. The summed E-state index contributed by atoms with van der Waals surface area (Å²) < 4.78 is 5.73. The highest BCUT2D eigenvalue weighted by Crippen LogP contribution is 2.22. The van der Waals surface area contributed by atoms with Gasteiger partial charge in [0.05, 0.1) is 12.3 Å². The van der Waals surface area contributed by atoms with Crippen molar-refractivity contribution in [3.05, 3.63) is 71.6 Å². The summed E-state index contributed by atoms with van der Waals surface area (Å²) in [6.45, 7) is 10.5. The molecule has 0 aliphatic rings. The minimum atomic E-state index is -0.509. The van der Waals surface area contributed by atoms with Crippen molar-refractivity contribution in [3.8, 4) is 17.6 Å². The normalized spacial score (nSPS) is 10.6. The second-order valence-corrected chi connectivity index (χ2v) is 5.35. The van der Waals surface area contributed by atoms with Gasteiger partial charge in [-0.3, -0.25) is 9.78 Å². The number of amides is 1. The summed E-state index contributed by atoms with van der Waals surface area (Å²) >= 11 is 0. The molecule has 0 fully saturated rings. The lowest BCUT2D eigenvalue weighted by atomic mass is 10.2. The van der Waals surface area contributed by atoms with Crippen molar-refractivity contribution in [2.45, 2.75) is 13.8 Å². The summed E-state index contributed by atoms with van der Waals surface area (Å²) in [5.41, 5.74) is 1.75. The number of pyridine rings is 2. The molecule has 7 nitrogen and oxygen atoms in total. The fraction of sp³-hybridized carbons (Fsp3) is 0.105. The fourth-order valence-electron chi connectivity index (χ4n) is 1.96. The number of allylic oxidation sites excluding steroid dienone is 2. The van der Waals surface area contributed by atoms with Crippen LogP contribution in [0, 0.1) is 25.2 Å². The van der Waals surface area contributed by atoms with Gasteiger partial charge in [0.1, 0.15) is 23.0 Å². The van der Waals surface area contributed by atoms with E-state index in [1.54, 1.807) is 25.3 Å². The first-order chi connectivity index (χ1) is 12.4. The second kappa shape index (κ2) is 8.35. The van der Waals surface area contributed by atoms with Crippen molar-refractivity contribution in [2.75, 3.05) is 0 Å². The summed E-state index contributed by atoms with van der Waals surface area (Å²) in [6, 6.07) is 8.66. The average Bonchev–Trinajstić information content (AvgIpc) is 2.62. The largest absolute Gasteiger partial charge is 0.456 e. The van der Waals surface area contributed by atoms with Crippen LogP contribution < -0.4 is 10.1 Å². The third kappa shape index (κ3) is 5.11. The Kier molecular flexibility index (Phi) is 5.96. The molecule has 7 heteroatoms. The number of carbonyl (C=O) groups excluding carboxylic acids is 1. The Morgan fingerprint density at radius 1 is 1.31 bits per heavy atom. The van der Waals surface area contributed by atoms with Crippen LogP contribution in [-0.4, -0.2) is 22.6 Å². The van der Waals surface area contributed by atoms with Crippen LogP contribution in [0.4, 0.5) is 0 Å². The SMILES string of the molecule is C=N/C(=C\C(=C)C#N)NC(=O)c1cc(Oc2ccc(C)nc2)cc(C)n1.